The second-order valence-electron chi connectivity index (χ2n) is 4.30. The fourth-order valence-corrected chi connectivity index (χ4v) is 1.99. The van der Waals surface area contributed by atoms with Gasteiger partial charge in [0.1, 0.15) is 5.75 Å². The van der Waals surface area contributed by atoms with E-state index in [2.05, 4.69) is 0 Å². The second kappa shape index (κ2) is 5.54. The summed E-state index contributed by atoms with van der Waals surface area (Å²) >= 11 is 0. The van der Waals surface area contributed by atoms with Crippen molar-refractivity contribution in [3.8, 4) is 16.9 Å². The van der Waals surface area contributed by atoms with Gasteiger partial charge < -0.3 is 10.5 Å². The number of methoxy groups -OCH3 is 1. The van der Waals surface area contributed by atoms with Crippen molar-refractivity contribution >= 4 is 0 Å². The number of benzene rings is 2. The minimum atomic E-state index is -4.32. The molecule has 0 aliphatic heterocycles. The summed E-state index contributed by atoms with van der Waals surface area (Å²) < 4.78 is 42.7. The largest absolute Gasteiger partial charge is 0.497 e. The summed E-state index contributed by atoms with van der Waals surface area (Å²) in [4.78, 5) is 0. The van der Waals surface area contributed by atoms with Gasteiger partial charge in [0, 0.05) is 6.54 Å². The first-order chi connectivity index (χ1) is 9.45. The van der Waals surface area contributed by atoms with E-state index in [4.69, 9.17) is 10.5 Å². The minimum absolute atomic E-state index is 0.285. The fourth-order valence-electron chi connectivity index (χ4n) is 1.99. The fraction of sp³-hybridized carbons (Fsp3) is 0.200. The predicted octanol–water partition coefficient (Wildman–Crippen LogP) is 3.84. The van der Waals surface area contributed by atoms with E-state index in [0.717, 1.165) is 23.3 Å². The van der Waals surface area contributed by atoms with Crippen LogP contribution in [-0.2, 0) is 12.7 Å². The van der Waals surface area contributed by atoms with E-state index in [1.54, 1.807) is 25.3 Å². The van der Waals surface area contributed by atoms with Crippen molar-refractivity contribution in [2.45, 2.75) is 12.7 Å². The van der Waals surface area contributed by atoms with Gasteiger partial charge in [0.15, 0.2) is 0 Å². The van der Waals surface area contributed by atoms with Crippen molar-refractivity contribution < 1.29 is 17.9 Å². The molecule has 2 rings (SSSR count). The SMILES string of the molecule is COc1ccc(-c2ccc(C(F)(F)F)cc2)c(CN)c1. The van der Waals surface area contributed by atoms with Crippen LogP contribution < -0.4 is 10.5 Å². The second-order valence-corrected chi connectivity index (χ2v) is 4.30. The van der Waals surface area contributed by atoms with Gasteiger partial charge in [0.2, 0.25) is 0 Å². The molecule has 0 saturated heterocycles. The summed E-state index contributed by atoms with van der Waals surface area (Å²) in [7, 11) is 1.55. The molecule has 0 amide bonds. The highest BCUT2D eigenvalue weighted by Gasteiger charge is 2.30. The van der Waals surface area contributed by atoms with Crippen LogP contribution in [0, 0.1) is 0 Å². The zero-order valence-electron chi connectivity index (χ0n) is 10.9. The maximum atomic E-state index is 12.5. The molecule has 0 saturated carbocycles. The smallest absolute Gasteiger partial charge is 0.416 e. The Morgan fingerprint density at radius 2 is 1.70 bits per heavy atom. The quantitative estimate of drug-likeness (QED) is 0.927. The standard InChI is InChI=1S/C15H14F3NO/c1-20-13-6-7-14(11(8-13)9-19)10-2-4-12(5-3-10)15(16,17)18/h2-8H,9,19H2,1H3. The van der Waals surface area contributed by atoms with E-state index in [-0.39, 0.29) is 6.54 Å². The number of ether oxygens (including phenoxy) is 1. The molecule has 106 valence electrons. The van der Waals surface area contributed by atoms with E-state index >= 15 is 0 Å². The number of halogens is 3. The van der Waals surface area contributed by atoms with E-state index in [1.807, 2.05) is 0 Å². The zero-order chi connectivity index (χ0) is 14.8. The third-order valence-corrected chi connectivity index (χ3v) is 3.06. The Kier molecular flexibility index (Phi) is 3.99. The van der Waals surface area contributed by atoms with E-state index < -0.39 is 11.7 Å². The summed E-state index contributed by atoms with van der Waals surface area (Å²) in [6.45, 7) is 0.285. The van der Waals surface area contributed by atoms with Crippen molar-refractivity contribution in [1.82, 2.24) is 0 Å². The van der Waals surface area contributed by atoms with Gasteiger partial charge in [-0.15, -0.1) is 0 Å². The molecule has 0 atom stereocenters. The summed E-state index contributed by atoms with van der Waals surface area (Å²) in [5, 5.41) is 0. The first-order valence-corrected chi connectivity index (χ1v) is 6.00. The molecule has 0 unspecified atom stereocenters. The highest BCUT2D eigenvalue weighted by Crippen LogP contribution is 2.32. The van der Waals surface area contributed by atoms with Crippen LogP contribution in [0.4, 0.5) is 13.2 Å². The van der Waals surface area contributed by atoms with Crippen LogP contribution in [0.25, 0.3) is 11.1 Å². The number of hydrogen-bond donors (Lipinski definition) is 1. The maximum Gasteiger partial charge on any atom is 0.416 e. The molecular weight excluding hydrogens is 267 g/mol. The first kappa shape index (κ1) is 14.4. The van der Waals surface area contributed by atoms with Crippen LogP contribution in [0.5, 0.6) is 5.75 Å². The molecule has 2 aromatic rings. The van der Waals surface area contributed by atoms with Gasteiger partial charge in [0.05, 0.1) is 12.7 Å². The Bertz CT molecular complexity index is 591. The van der Waals surface area contributed by atoms with Crippen molar-refractivity contribution in [3.63, 3.8) is 0 Å². The molecule has 0 aliphatic carbocycles. The van der Waals surface area contributed by atoms with Crippen LogP contribution in [0.15, 0.2) is 42.5 Å². The normalized spacial score (nSPS) is 11.4. The lowest BCUT2D eigenvalue weighted by Gasteiger charge is -2.12. The van der Waals surface area contributed by atoms with E-state index in [9.17, 15) is 13.2 Å². The number of nitrogens with two attached hydrogens (primary N) is 1. The predicted molar refractivity (Wildman–Crippen MR) is 71.3 cm³/mol. The third-order valence-electron chi connectivity index (χ3n) is 3.06. The lowest BCUT2D eigenvalue weighted by atomic mass is 9.98. The lowest BCUT2D eigenvalue weighted by molar-refractivity contribution is -0.137. The molecule has 0 aromatic heterocycles. The Morgan fingerprint density at radius 3 is 2.20 bits per heavy atom. The molecule has 0 radical (unpaired) electrons. The highest BCUT2D eigenvalue weighted by atomic mass is 19.4. The minimum Gasteiger partial charge on any atom is -0.497 e. The lowest BCUT2D eigenvalue weighted by Crippen LogP contribution is -2.04. The Balaban J connectivity index is 2.41. The summed E-state index contributed by atoms with van der Waals surface area (Å²) in [5.41, 5.74) is 7.34. The molecule has 5 heteroatoms. The van der Waals surface area contributed by atoms with Gasteiger partial charge in [0.25, 0.3) is 0 Å². The van der Waals surface area contributed by atoms with Crippen LogP contribution >= 0.6 is 0 Å². The van der Waals surface area contributed by atoms with Crippen LogP contribution in [0.3, 0.4) is 0 Å². The molecule has 2 N–H and O–H groups in total. The van der Waals surface area contributed by atoms with Crippen LogP contribution in [-0.4, -0.2) is 7.11 Å². The molecule has 0 bridgehead atoms. The Morgan fingerprint density at radius 1 is 1.05 bits per heavy atom. The molecule has 0 fully saturated rings. The zero-order valence-corrected chi connectivity index (χ0v) is 10.9. The van der Waals surface area contributed by atoms with Gasteiger partial charge in [-0.2, -0.15) is 13.2 Å². The Labute approximate surface area is 115 Å². The van der Waals surface area contributed by atoms with Gasteiger partial charge in [-0.05, 0) is 41.0 Å². The van der Waals surface area contributed by atoms with E-state index in [1.165, 1.54) is 12.1 Å². The Hall–Kier alpha value is -2.01. The van der Waals surface area contributed by atoms with Crippen molar-refractivity contribution in [2.24, 2.45) is 5.73 Å². The van der Waals surface area contributed by atoms with Gasteiger partial charge in [-0.3, -0.25) is 0 Å². The molecule has 20 heavy (non-hydrogen) atoms. The van der Waals surface area contributed by atoms with Gasteiger partial charge in [-0.1, -0.05) is 18.2 Å². The van der Waals surface area contributed by atoms with Crippen molar-refractivity contribution in [2.75, 3.05) is 7.11 Å². The number of alkyl halides is 3. The van der Waals surface area contributed by atoms with E-state index in [0.29, 0.717) is 11.3 Å². The monoisotopic (exact) mass is 281 g/mol. The average molecular weight is 281 g/mol. The molecule has 0 heterocycles. The number of rotatable bonds is 3. The van der Waals surface area contributed by atoms with Gasteiger partial charge >= 0.3 is 6.18 Å². The van der Waals surface area contributed by atoms with Crippen LogP contribution in [0.2, 0.25) is 0 Å². The summed E-state index contributed by atoms with van der Waals surface area (Å²) in [6.07, 6.45) is -4.32. The number of hydrogen-bond acceptors (Lipinski definition) is 2. The third kappa shape index (κ3) is 2.93. The molecule has 0 aliphatic rings. The molecular formula is C15H14F3NO. The average Bonchev–Trinajstić information content (AvgIpc) is 2.45. The highest BCUT2D eigenvalue weighted by molar-refractivity contribution is 5.68. The molecule has 0 spiro atoms. The molecule has 2 nitrogen and oxygen atoms in total. The van der Waals surface area contributed by atoms with Gasteiger partial charge in [-0.25, -0.2) is 0 Å². The van der Waals surface area contributed by atoms with Crippen molar-refractivity contribution in [3.05, 3.63) is 53.6 Å². The topological polar surface area (TPSA) is 35.2 Å². The summed E-state index contributed by atoms with van der Waals surface area (Å²) in [5.74, 6) is 0.668. The summed E-state index contributed by atoms with van der Waals surface area (Å²) in [6, 6.07) is 10.4. The van der Waals surface area contributed by atoms with Crippen LogP contribution in [0.1, 0.15) is 11.1 Å². The first-order valence-electron chi connectivity index (χ1n) is 6.00. The van der Waals surface area contributed by atoms with Crippen molar-refractivity contribution in [1.29, 1.82) is 0 Å². The maximum absolute atomic E-state index is 12.5. The molecule has 2 aromatic carbocycles.